The van der Waals surface area contributed by atoms with Crippen LogP contribution in [0.4, 0.5) is 11.4 Å². The molecular weight excluding hydrogens is 304 g/mol. The summed E-state index contributed by atoms with van der Waals surface area (Å²) in [4.78, 5) is 25.9. The van der Waals surface area contributed by atoms with Crippen molar-refractivity contribution in [1.82, 2.24) is 0 Å². The number of aryl methyl sites for hydroxylation is 2. The van der Waals surface area contributed by atoms with E-state index in [0.717, 1.165) is 22.5 Å². The number of hydrogen-bond donors (Lipinski definition) is 1. The van der Waals surface area contributed by atoms with E-state index in [1.54, 1.807) is 18.2 Å². The van der Waals surface area contributed by atoms with Gasteiger partial charge in [0.2, 0.25) is 0 Å². The van der Waals surface area contributed by atoms with Crippen LogP contribution in [0.2, 0.25) is 0 Å². The average Bonchev–Trinajstić information content (AvgIpc) is 2.55. The van der Waals surface area contributed by atoms with Crippen LogP contribution in [0, 0.1) is 13.8 Å². The monoisotopic (exact) mass is 326 g/mol. The van der Waals surface area contributed by atoms with Gasteiger partial charge in [0, 0.05) is 25.5 Å². The highest BCUT2D eigenvalue weighted by atomic mass is 16.5. The van der Waals surface area contributed by atoms with E-state index in [2.05, 4.69) is 5.32 Å². The van der Waals surface area contributed by atoms with Gasteiger partial charge in [-0.3, -0.25) is 4.79 Å². The molecule has 0 spiro atoms. The molecule has 2 aromatic carbocycles. The summed E-state index contributed by atoms with van der Waals surface area (Å²) in [6.07, 6.45) is 0. The fraction of sp³-hybridized carbons (Fsp3) is 0.263. The van der Waals surface area contributed by atoms with Crippen molar-refractivity contribution in [2.45, 2.75) is 13.8 Å². The van der Waals surface area contributed by atoms with Gasteiger partial charge in [0.05, 0.1) is 5.56 Å². The lowest BCUT2D eigenvalue weighted by molar-refractivity contribution is -0.119. The van der Waals surface area contributed by atoms with E-state index >= 15 is 0 Å². The number of nitrogens with one attached hydrogen (secondary N) is 1. The second kappa shape index (κ2) is 7.64. The third-order valence-electron chi connectivity index (χ3n) is 3.59. The zero-order chi connectivity index (χ0) is 17.7. The van der Waals surface area contributed by atoms with E-state index in [-0.39, 0.29) is 12.5 Å². The maximum Gasteiger partial charge on any atom is 0.338 e. The number of esters is 1. The lowest BCUT2D eigenvalue weighted by Gasteiger charge is -2.13. The molecule has 0 bridgehead atoms. The summed E-state index contributed by atoms with van der Waals surface area (Å²) in [5.41, 5.74) is 4.12. The minimum atomic E-state index is -0.519. The third kappa shape index (κ3) is 4.59. The first-order chi connectivity index (χ1) is 11.4. The number of amides is 1. The summed E-state index contributed by atoms with van der Waals surface area (Å²) in [6.45, 7) is 3.59. The van der Waals surface area contributed by atoms with E-state index in [9.17, 15) is 9.59 Å². The summed E-state index contributed by atoms with van der Waals surface area (Å²) in [5, 5.41) is 2.75. The molecule has 0 unspecified atom stereocenters. The number of carbonyl (C=O) groups is 2. The van der Waals surface area contributed by atoms with E-state index in [0.29, 0.717) is 5.56 Å². The Labute approximate surface area is 142 Å². The molecule has 1 amide bonds. The Bertz CT molecular complexity index is 754. The molecule has 0 saturated heterocycles. The number of rotatable bonds is 5. The molecule has 0 saturated carbocycles. The summed E-state index contributed by atoms with van der Waals surface area (Å²) in [7, 11) is 3.78. The maximum atomic E-state index is 12.1. The number of ether oxygens (including phenoxy) is 1. The summed E-state index contributed by atoms with van der Waals surface area (Å²) < 4.78 is 5.09. The highest BCUT2D eigenvalue weighted by Crippen LogP contribution is 2.16. The number of nitrogens with zero attached hydrogens (tertiary/aromatic N) is 1. The van der Waals surface area contributed by atoms with Crippen molar-refractivity contribution in [2.75, 3.05) is 30.9 Å². The molecule has 1 N–H and O–H groups in total. The van der Waals surface area contributed by atoms with Gasteiger partial charge < -0.3 is 15.0 Å². The molecule has 0 aliphatic heterocycles. The molecule has 126 valence electrons. The molecule has 0 heterocycles. The normalized spacial score (nSPS) is 10.2. The van der Waals surface area contributed by atoms with Crippen LogP contribution in [0.15, 0.2) is 42.5 Å². The van der Waals surface area contributed by atoms with E-state index in [1.165, 1.54) is 0 Å². The minimum Gasteiger partial charge on any atom is -0.452 e. The van der Waals surface area contributed by atoms with Crippen LogP contribution in [0.1, 0.15) is 21.5 Å². The predicted molar refractivity (Wildman–Crippen MR) is 95.6 cm³/mol. The van der Waals surface area contributed by atoms with Crippen LogP contribution < -0.4 is 10.2 Å². The van der Waals surface area contributed by atoms with E-state index in [4.69, 9.17) is 4.74 Å². The van der Waals surface area contributed by atoms with Crippen LogP contribution in [-0.4, -0.2) is 32.6 Å². The molecule has 0 aliphatic rings. The quantitative estimate of drug-likeness (QED) is 0.858. The molecule has 5 heteroatoms. The Morgan fingerprint density at radius 2 is 1.83 bits per heavy atom. The first-order valence-corrected chi connectivity index (χ1v) is 7.68. The van der Waals surface area contributed by atoms with E-state index in [1.807, 2.05) is 57.1 Å². The Hall–Kier alpha value is -2.82. The van der Waals surface area contributed by atoms with Crippen molar-refractivity contribution in [3.05, 3.63) is 59.2 Å². The number of anilines is 2. The van der Waals surface area contributed by atoms with Crippen molar-refractivity contribution >= 4 is 23.3 Å². The molecule has 24 heavy (non-hydrogen) atoms. The largest absolute Gasteiger partial charge is 0.452 e. The molecule has 0 fully saturated rings. The van der Waals surface area contributed by atoms with Crippen LogP contribution in [0.3, 0.4) is 0 Å². The topological polar surface area (TPSA) is 58.6 Å². The van der Waals surface area contributed by atoms with Crippen LogP contribution >= 0.6 is 0 Å². The highest BCUT2D eigenvalue weighted by molar-refractivity contribution is 5.96. The smallest absolute Gasteiger partial charge is 0.338 e. The molecule has 0 aliphatic carbocycles. The van der Waals surface area contributed by atoms with Gasteiger partial charge in [-0.25, -0.2) is 4.79 Å². The Morgan fingerprint density at radius 1 is 1.08 bits per heavy atom. The molecule has 0 aromatic heterocycles. The summed E-state index contributed by atoms with van der Waals surface area (Å²) in [5.74, 6) is -0.881. The predicted octanol–water partition coefficient (Wildman–Crippen LogP) is 3.16. The Morgan fingerprint density at radius 3 is 2.50 bits per heavy atom. The molecule has 5 nitrogen and oxygen atoms in total. The third-order valence-corrected chi connectivity index (χ3v) is 3.59. The fourth-order valence-electron chi connectivity index (χ4n) is 2.27. The zero-order valence-electron chi connectivity index (χ0n) is 14.4. The van der Waals surface area contributed by atoms with Gasteiger partial charge in [-0.2, -0.15) is 0 Å². The summed E-state index contributed by atoms with van der Waals surface area (Å²) in [6, 6.07) is 12.8. The van der Waals surface area contributed by atoms with Crippen molar-refractivity contribution < 1.29 is 14.3 Å². The maximum absolute atomic E-state index is 12.1. The second-order valence-electron chi connectivity index (χ2n) is 5.89. The van der Waals surface area contributed by atoms with Gasteiger partial charge in [0.25, 0.3) is 5.91 Å². The van der Waals surface area contributed by atoms with Gasteiger partial charge >= 0.3 is 5.97 Å². The standard InChI is InChI=1S/C19H22N2O3/c1-13-8-9-17(14(2)10-13)20-18(22)12-24-19(23)15-6-5-7-16(11-15)21(3)4/h5-11H,12H2,1-4H3,(H,20,22). The fourth-order valence-corrected chi connectivity index (χ4v) is 2.27. The van der Waals surface area contributed by atoms with Crippen LogP contribution in [0.5, 0.6) is 0 Å². The molecule has 0 radical (unpaired) electrons. The van der Waals surface area contributed by atoms with Gasteiger partial charge in [0.1, 0.15) is 0 Å². The van der Waals surface area contributed by atoms with Crippen molar-refractivity contribution in [1.29, 1.82) is 0 Å². The Kier molecular flexibility index (Phi) is 5.58. The van der Waals surface area contributed by atoms with Gasteiger partial charge in [-0.15, -0.1) is 0 Å². The molecule has 2 aromatic rings. The minimum absolute atomic E-state index is 0.321. The number of carbonyl (C=O) groups excluding carboxylic acids is 2. The van der Waals surface area contributed by atoms with Gasteiger partial charge in [0.15, 0.2) is 6.61 Å². The lowest BCUT2D eigenvalue weighted by Crippen LogP contribution is -2.21. The molecule has 2 rings (SSSR count). The highest BCUT2D eigenvalue weighted by Gasteiger charge is 2.12. The van der Waals surface area contributed by atoms with E-state index < -0.39 is 5.97 Å². The number of hydrogen-bond acceptors (Lipinski definition) is 4. The SMILES string of the molecule is Cc1ccc(NC(=O)COC(=O)c2cccc(N(C)C)c2)c(C)c1. The second-order valence-corrected chi connectivity index (χ2v) is 5.89. The molecule has 0 atom stereocenters. The zero-order valence-corrected chi connectivity index (χ0v) is 14.4. The number of benzene rings is 2. The van der Waals surface area contributed by atoms with Crippen LogP contribution in [0.25, 0.3) is 0 Å². The Balaban J connectivity index is 1.93. The van der Waals surface area contributed by atoms with Crippen molar-refractivity contribution in [3.63, 3.8) is 0 Å². The molecular formula is C19H22N2O3. The van der Waals surface area contributed by atoms with Gasteiger partial charge in [-0.05, 0) is 43.7 Å². The van der Waals surface area contributed by atoms with Crippen molar-refractivity contribution in [2.24, 2.45) is 0 Å². The van der Waals surface area contributed by atoms with Crippen molar-refractivity contribution in [3.8, 4) is 0 Å². The summed E-state index contributed by atoms with van der Waals surface area (Å²) >= 11 is 0. The van der Waals surface area contributed by atoms with Crippen LogP contribution in [-0.2, 0) is 9.53 Å². The first kappa shape index (κ1) is 17.5. The first-order valence-electron chi connectivity index (χ1n) is 7.68. The average molecular weight is 326 g/mol. The lowest BCUT2D eigenvalue weighted by atomic mass is 10.1. The van der Waals surface area contributed by atoms with Gasteiger partial charge in [-0.1, -0.05) is 23.8 Å².